The van der Waals surface area contributed by atoms with Crippen molar-refractivity contribution in [3.8, 4) is 0 Å². The molecule has 4 nitrogen and oxygen atoms in total. The van der Waals surface area contributed by atoms with E-state index in [-0.39, 0.29) is 23.6 Å². The van der Waals surface area contributed by atoms with Crippen LogP contribution in [0.1, 0.15) is 37.4 Å². The molecule has 3 rings (SSSR count). The number of halogens is 2. The highest BCUT2D eigenvalue weighted by atomic mass is 19.1. The molecule has 2 atom stereocenters. The van der Waals surface area contributed by atoms with Crippen molar-refractivity contribution in [1.29, 1.82) is 0 Å². The lowest BCUT2D eigenvalue weighted by Gasteiger charge is -2.34. The molecule has 2 aromatic rings. The van der Waals surface area contributed by atoms with E-state index in [0.29, 0.717) is 6.61 Å². The zero-order valence-corrected chi connectivity index (χ0v) is 16.7. The van der Waals surface area contributed by atoms with Crippen molar-refractivity contribution < 1.29 is 18.3 Å². The normalized spacial score (nSPS) is 18.1. The molecule has 1 amide bonds. The molecule has 0 bridgehead atoms. The molecule has 1 fully saturated rings. The minimum Gasteiger partial charge on any atom is -0.375 e. The minimum absolute atomic E-state index is 0.161. The molecular weight excluding hydrogens is 374 g/mol. The zero-order valence-electron chi connectivity index (χ0n) is 16.7. The molecule has 154 valence electrons. The van der Waals surface area contributed by atoms with Crippen molar-refractivity contribution in [2.45, 2.75) is 32.4 Å². The van der Waals surface area contributed by atoms with Crippen molar-refractivity contribution in [2.75, 3.05) is 24.6 Å². The second-order valence-corrected chi connectivity index (χ2v) is 7.17. The fourth-order valence-electron chi connectivity index (χ4n) is 3.34. The van der Waals surface area contributed by atoms with Gasteiger partial charge in [-0.15, -0.1) is 0 Å². The monoisotopic (exact) mass is 400 g/mol. The first-order valence-electron chi connectivity index (χ1n) is 9.86. The van der Waals surface area contributed by atoms with E-state index in [2.05, 4.69) is 29.3 Å². The van der Waals surface area contributed by atoms with E-state index < -0.39 is 11.6 Å². The van der Waals surface area contributed by atoms with Gasteiger partial charge in [0, 0.05) is 36.5 Å². The summed E-state index contributed by atoms with van der Waals surface area (Å²) in [7, 11) is 0. The smallest absolute Gasteiger partial charge is 0.244 e. The van der Waals surface area contributed by atoms with Gasteiger partial charge >= 0.3 is 0 Å². The lowest BCUT2D eigenvalue weighted by atomic mass is 10.1. The molecule has 1 N–H and O–H groups in total. The van der Waals surface area contributed by atoms with Gasteiger partial charge in [0.25, 0.3) is 0 Å². The number of amides is 1. The number of nitrogens with one attached hydrogen (secondary N) is 1. The molecule has 1 aliphatic rings. The van der Waals surface area contributed by atoms with Gasteiger partial charge in [-0.1, -0.05) is 19.1 Å². The molecule has 0 radical (unpaired) electrons. The van der Waals surface area contributed by atoms with Gasteiger partial charge in [0.1, 0.15) is 11.6 Å². The quantitative estimate of drug-likeness (QED) is 0.728. The number of ether oxygens (including phenoxy) is 1. The van der Waals surface area contributed by atoms with Crippen LogP contribution in [-0.2, 0) is 9.53 Å². The number of carbonyl (C=O) groups excluding carboxylic acids is 1. The molecule has 1 aliphatic heterocycles. The molecule has 2 aromatic carbocycles. The van der Waals surface area contributed by atoms with Crippen molar-refractivity contribution in [1.82, 2.24) is 5.32 Å². The lowest BCUT2D eigenvalue weighted by molar-refractivity contribution is -0.117. The molecule has 0 aliphatic carbocycles. The molecule has 0 saturated carbocycles. The van der Waals surface area contributed by atoms with E-state index in [9.17, 15) is 13.6 Å². The van der Waals surface area contributed by atoms with Crippen LogP contribution in [0.25, 0.3) is 6.08 Å². The number of benzene rings is 2. The second kappa shape index (κ2) is 9.65. The Bertz CT molecular complexity index is 885. The van der Waals surface area contributed by atoms with Crippen molar-refractivity contribution in [2.24, 2.45) is 0 Å². The number of anilines is 1. The van der Waals surface area contributed by atoms with E-state index in [0.717, 1.165) is 42.9 Å². The van der Waals surface area contributed by atoms with Gasteiger partial charge in [-0.05, 0) is 49.2 Å². The summed E-state index contributed by atoms with van der Waals surface area (Å²) in [5, 5.41) is 2.88. The molecule has 6 heteroatoms. The number of rotatable bonds is 6. The Hall–Kier alpha value is -2.73. The average molecular weight is 400 g/mol. The summed E-state index contributed by atoms with van der Waals surface area (Å²) < 4.78 is 32.4. The van der Waals surface area contributed by atoms with E-state index in [1.165, 1.54) is 18.2 Å². The van der Waals surface area contributed by atoms with Crippen LogP contribution in [0.4, 0.5) is 14.5 Å². The third kappa shape index (κ3) is 5.64. The largest absolute Gasteiger partial charge is 0.375 e. The zero-order chi connectivity index (χ0) is 20.8. The summed E-state index contributed by atoms with van der Waals surface area (Å²) in [4.78, 5) is 14.5. The number of morpholine rings is 1. The van der Waals surface area contributed by atoms with Gasteiger partial charge in [0.2, 0.25) is 5.91 Å². The fourth-order valence-corrected chi connectivity index (χ4v) is 3.34. The van der Waals surface area contributed by atoms with Crippen LogP contribution < -0.4 is 10.2 Å². The molecule has 0 spiro atoms. The first-order chi connectivity index (χ1) is 14.0. The molecule has 29 heavy (non-hydrogen) atoms. The SMILES string of the molecule is CCC1CN(c2cccc(C(C)NC(=O)/C=C/c3ccc(F)cc3F)c2)CCO1. The van der Waals surface area contributed by atoms with Crippen molar-refractivity contribution >= 4 is 17.7 Å². The maximum atomic E-state index is 13.7. The Kier molecular flexibility index (Phi) is 6.99. The van der Waals surface area contributed by atoms with Crippen LogP contribution in [0.3, 0.4) is 0 Å². The number of hydrogen-bond donors (Lipinski definition) is 1. The summed E-state index contributed by atoms with van der Waals surface area (Å²) in [5.74, 6) is -1.70. The Morgan fingerprint density at radius 1 is 1.31 bits per heavy atom. The molecule has 1 heterocycles. The maximum absolute atomic E-state index is 13.7. The highest BCUT2D eigenvalue weighted by Crippen LogP contribution is 2.23. The van der Waals surface area contributed by atoms with Gasteiger partial charge < -0.3 is 15.0 Å². The summed E-state index contributed by atoms with van der Waals surface area (Å²) in [6.07, 6.45) is 3.81. The molecular formula is C23H26F2N2O2. The molecule has 1 saturated heterocycles. The summed E-state index contributed by atoms with van der Waals surface area (Å²) in [6, 6.07) is 11.1. The number of nitrogens with zero attached hydrogens (tertiary/aromatic N) is 1. The lowest BCUT2D eigenvalue weighted by Crippen LogP contribution is -2.42. The Morgan fingerprint density at radius 3 is 2.90 bits per heavy atom. The van der Waals surface area contributed by atoms with Crippen LogP contribution in [0.15, 0.2) is 48.5 Å². The standard InChI is InChI=1S/C23H26F2N2O2/c1-3-21-15-27(11-12-29-21)20-6-4-5-18(13-20)16(2)26-23(28)10-8-17-7-9-19(24)14-22(17)25/h4-10,13-14,16,21H,3,11-12,15H2,1-2H3,(H,26,28)/b10-8+. The first kappa shape index (κ1) is 21.0. The number of carbonyl (C=O) groups is 1. The predicted molar refractivity (Wildman–Crippen MR) is 111 cm³/mol. The highest BCUT2D eigenvalue weighted by Gasteiger charge is 2.20. The van der Waals surface area contributed by atoms with Gasteiger partial charge in [-0.3, -0.25) is 4.79 Å². The van der Waals surface area contributed by atoms with E-state index in [1.54, 1.807) is 0 Å². The predicted octanol–water partition coefficient (Wildman–Crippen LogP) is 4.47. The highest BCUT2D eigenvalue weighted by molar-refractivity contribution is 5.92. The summed E-state index contributed by atoms with van der Waals surface area (Å²) >= 11 is 0. The second-order valence-electron chi connectivity index (χ2n) is 7.17. The Morgan fingerprint density at radius 2 is 2.14 bits per heavy atom. The van der Waals surface area contributed by atoms with E-state index >= 15 is 0 Å². The summed E-state index contributed by atoms with van der Waals surface area (Å²) in [5.41, 5.74) is 2.25. The minimum atomic E-state index is -0.703. The van der Waals surface area contributed by atoms with E-state index in [1.807, 2.05) is 19.1 Å². The Balaban J connectivity index is 1.63. The van der Waals surface area contributed by atoms with Gasteiger partial charge in [-0.25, -0.2) is 8.78 Å². The van der Waals surface area contributed by atoms with Crippen LogP contribution in [0.2, 0.25) is 0 Å². The number of hydrogen-bond acceptors (Lipinski definition) is 3. The van der Waals surface area contributed by atoms with Crippen LogP contribution in [0.5, 0.6) is 0 Å². The van der Waals surface area contributed by atoms with E-state index in [4.69, 9.17) is 4.74 Å². The third-order valence-corrected chi connectivity index (χ3v) is 5.07. The Labute approximate surface area is 170 Å². The third-order valence-electron chi connectivity index (χ3n) is 5.07. The fraction of sp³-hybridized carbons (Fsp3) is 0.348. The maximum Gasteiger partial charge on any atom is 0.244 e. The summed E-state index contributed by atoms with van der Waals surface area (Å²) in [6.45, 7) is 6.42. The van der Waals surface area contributed by atoms with Gasteiger partial charge in [0.05, 0.1) is 18.8 Å². The first-order valence-corrected chi connectivity index (χ1v) is 9.86. The van der Waals surface area contributed by atoms with Crippen LogP contribution in [0, 0.1) is 11.6 Å². The molecule has 2 unspecified atom stereocenters. The topological polar surface area (TPSA) is 41.6 Å². The van der Waals surface area contributed by atoms with Gasteiger partial charge in [0.15, 0.2) is 0 Å². The molecule has 0 aromatic heterocycles. The van der Waals surface area contributed by atoms with Gasteiger partial charge in [-0.2, -0.15) is 0 Å². The van der Waals surface area contributed by atoms with Crippen molar-refractivity contribution in [3.63, 3.8) is 0 Å². The van der Waals surface area contributed by atoms with Crippen LogP contribution in [-0.4, -0.2) is 31.7 Å². The van der Waals surface area contributed by atoms with Crippen LogP contribution >= 0.6 is 0 Å². The average Bonchev–Trinajstić information content (AvgIpc) is 2.73. The van der Waals surface area contributed by atoms with Crippen molar-refractivity contribution in [3.05, 3.63) is 71.3 Å².